The smallest absolute Gasteiger partial charge is 0.485 e. The van der Waals surface area contributed by atoms with E-state index in [2.05, 4.69) is 67.2 Å². The van der Waals surface area contributed by atoms with Gasteiger partial charge in [-0.05, 0) is 47.5 Å². The van der Waals surface area contributed by atoms with E-state index in [0.29, 0.717) is 0 Å². The second-order valence-electron chi connectivity index (χ2n) is 5.98. The van der Waals surface area contributed by atoms with Gasteiger partial charge in [-0.15, -0.1) is 0 Å². The van der Waals surface area contributed by atoms with Crippen LogP contribution in [0.25, 0.3) is 5.57 Å². The molecule has 3 aromatic carbocycles. The summed E-state index contributed by atoms with van der Waals surface area (Å²) in [4.78, 5) is 0. The van der Waals surface area contributed by atoms with Crippen LogP contribution in [-0.4, -0.2) is 25.6 Å². The molecule has 0 unspecified atom stereocenters. The van der Waals surface area contributed by atoms with E-state index < -0.39 is 15.6 Å². The molecule has 0 aliphatic rings. The summed E-state index contributed by atoms with van der Waals surface area (Å²) in [5, 5.41) is 0. The maximum absolute atomic E-state index is 10.7. The normalized spacial score (nSPS) is 11.3. The highest BCUT2D eigenvalue weighted by atomic mass is 127. The number of hydrogen-bond acceptors (Lipinski definition) is 4. The zero-order chi connectivity index (χ0) is 23.1. The summed E-state index contributed by atoms with van der Waals surface area (Å²) in [5.74, 6) is 0.903. The summed E-state index contributed by atoms with van der Waals surface area (Å²) in [6, 6.07) is 27.4. The number of halogens is 4. The molecule has 3 rings (SSSR count). The van der Waals surface area contributed by atoms with Gasteiger partial charge in [-0.3, -0.25) is 0 Å². The molecule has 0 atom stereocenters. The van der Waals surface area contributed by atoms with Crippen molar-refractivity contribution in [2.45, 2.75) is 5.51 Å². The first kappa shape index (κ1) is 24.9. The molecular formula is C22H18F3IO4S. The Hall–Kier alpha value is -2.37. The second-order valence-corrected chi connectivity index (χ2v) is 10.3. The lowest BCUT2D eigenvalue weighted by Crippen LogP contribution is -3.61. The molecule has 0 fully saturated rings. The fourth-order valence-corrected chi connectivity index (χ4v) is 4.91. The van der Waals surface area contributed by atoms with Crippen molar-refractivity contribution in [3.63, 3.8) is 0 Å². The van der Waals surface area contributed by atoms with Crippen molar-refractivity contribution < 1.29 is 52.1 Å². The van der Waals surface area contributed by atoms with E-state index in [1.54, 1.807) is 7.11 Å². The number of methoxy groups -OCH3 is 1. The molecule has 0 heterocycles. The van der Waals surface area contributed by atoms with Crippen LogP contribution in [0.4, 0.5) is 13.2 Å². The number of benzene rings is 3. The first-order valence-corrected chi connectivity index (χ1v) is 12.2. The minimum atomic E-state index is -6.09. The van der Waals surface area contributed by atoms with E-state index in [0.717, 1.165) is 11.3 Å². The van der Waals surface area contributed by atoms with Gasteiger partial charge in [-0.1, -0.05) is 49.0 Å². The van der Waals surface area contributed by atoms with Crippen molar-refractivity contribution in [2.75, 3.05) is 7.11 Å². The monoisotopic (exact) mass is 562 g/mol. The quantitative estimate of drug-likeness (QED) is 0.271. The third-order valence-electron chi connectivity index (χ3n) is 3.86. The number of ether oxygens (including phenoxy) is 1. The summed E-state index contributed by atoms with van der Waals surface area (Å²) in [5.41, 5.74) is -2.12. The van der Waals surface area contributed by atoms with Gasteiger partial charge in [-0.25, -0.2) is 8.42 Å². The Balaban J connectivity index is 0.000000366. The van der Waals surface area contributed by atoms with Crippen LogP contribution in [0, 0.1) is 7.14 Å². The Morgan fingerprint density at radius 1 is 0.935 bits per heavy atom. The van der Waals surface area contributed by atoms with Gasteiger partial charge in [0.2, 0.25) is 3.57 Å². The van der Waals surface area contributed by atoms with E-state index >= 15 is 0 Å². The van der Waals surface area contributed by atoms with Gasteiger partial charge in [0, 0.05) is 5.56 Å². The lowest BCUT2D eigenvalue weighted by Gasteiger charge is -2.08. The van der Waals surface area contributed by atoms with Crippen molar-refractivity contribution >= 4 is 15.7 Å². The number of rotatable bonds is 5. The van der Waals surface area contributed by atoms with Crippen molar-refractivity contribution in [1.29, 1.82) is 0 Å². The van der Waals surface area contributed by atoms with Gasteiger partial charge in [0.25, 0.3) is 0 Å². The molecule has 31 heavy (non-hydrogen) atoms. The van der Waals surface area contributed by atoms with Gasteiger partial charge in [-0.2, -0.15) is 13.2 Å². The van der Waals surface area contributed by atoms with Crippen molar-refractivity contribution in [1.82, 2.24) is 0 Å². The van der Waals surface area contributed by atoms with E-state index in [9.17, 15) is 13.2 Å². The van der Waals surface area contributed by atoms with Gasteiger partial charge < -0.3 is 9.29 Å². The van der Waals surface area contributed by atoms with Crippen LogP contribution in [0.15, 0.2) is 85.4 Å². The van der Waals surface area contributed by atoms with Crippen LogP contribution >= 0.6 is 0 Å². The predicted octanol–water partition coefficient (Wildman–Crippen LogP) is 1.94. The van der Waals surface area contributed by atoms with Crippen molar-refractivity contribution in [3.05, 3.63) is 104 Å². The topological polar surface area (TPSA) is 66.4 Å². The third-order valence-corrected chi connectivity index (χ3v) is 7.30. The highest BCUT2D eigenvalue weighted by Crippen LogP contribution is 2.21. The summed E-state index contributed by atoms with van der Waals surface area (Å²) >= 11 is -0.253. The highest BCUT2D eigenvalue weighted by Gasteiger charge is 2.36. The largest absolute Gasteiger partial charge is 0.741 e. The van der Waals surface area contributed by atoms with E-state index in [1.165, 1.54) is 18.3 Å². The molecule has 0 aliphatic carbocycles. The van der Waals surface area contributed by atoms with Crippen molar-refractivity contribution in [3.8, 4) is 5.75 Å². The average molecular weight is 562 g/mol. The molecule has 0 saturated heterocycles. The zero-order valence-electron chi connectivity index (χ0n) is 16.3. The Morgan fingerprint density at radius 3 is 1.97 bits per heavy atom. The fourth-order valence-electron chi connectivity index (χ4n) is 2.33. The molecular weight excluding hydrogens is 544 g/mol. The number of hydrogen-bond donors (Lipinski definition) is 0. The third kappa shape index (κ3) is 7.37. The first-order valence-electron chi connectivity index (χ1n) is 8.67. The van der Waals surface area contributed by atoms with Crippen LogP contribution in [-0.2, 0) is 10.1 Å². The molecule has 0 aliphatic heterocycles. The Morgan fingerprint density at radius 2 is 1.45 bits per heavy atom. The SMILES string of the molecule is C=C(c1ccccc1)c1ccccc1[I+]c1ccc(OC)cc1.O=S(=O)([O-])C(F)(F)F. The lowest BCUT2D eigenvalue weighted by molar-refractivity contribution is -0.597. The molecule has 0 N–H and O–H groups in total. The minimum Gasteiger partial charge on any atom is -0.741 e. The lowest BCUT2D eigenvalue weighted by atomic mass is 10.00. The molecule has 4 nitrogen and oxygen atoms in total. The molecule has 0 aromatic heterocycles. The van der Waals surface area contributed by atoms with Gasteiger partial charge in [0.1, 0.15) is 5.75 Å². The zero-order valence-corrected chi connectivity index (χ0v) is 19.2. The summed E-state index contributed by atoms with van der Waals surface area (Å²) in [7, 11) is -4.39. The van der Waals surface area contributed by atoms with E-state index in [4.69, 9.17) is 17.7 Å². The molecule has 3 aromatic rings. The van der Waals surface area contributed by atoms with Crippen LogP contribution < -0.4 is 25.9 Å². The Labute approximate surface area is 189 Å². The molecule has 0 bridgehead atoms. The maximum Gasteiger partial charge on any atom is 0.485 e. The molecule has 0 spiro atoms. The van der Waals surface area contributed by atoms with E-state index in [-0.39, 0.29) is 21.2 Å². The fraction of sp³-hybridized carbons (Fsp3) is 0.0909. The molecule has 0 radical (unpaired) electrons. The molecule has 164 valence electrons. The summed E-state index contributed by atoms with van der Waals surface area (Å²) in [6.07, 6.45) is 0. The van der Waals surface area contributed by atoms with Crippen LogP contribution in [0.3, 0.4) is 0 Å². The molecule has 0 amide bonds. The molecule has 0 saturated carbocycles. The van der Waals surface area contributed by atoms with Gasteiger partial charge in [0.15, 0.2) is 13.7 Å². The van der Waals surface area contributed by atoms with Crippen LogP contribution in [0.1, 0.15) is 11.1 Å². The van der Waals surface area contributed by atoms with E-state index in [1.807, 2.05) is 18.2 Å². The second kappa shape index (κ2) is 10.8. The maximum atomic E-state index is 10.7. The first-order chi connectivity index (χ1) is 14.5. The minimum absolute atomic E-state index is 0.253. The van der Waals surface area contributed by atoms with Gasteiger partial charge in [0.05, 0.1) is 7.11 Å². The predicted molar refractivity (Wildman–Crippen MR) is 107 cm³/mol. The summed E-state index contributed by atoms with van der Waals surface area (Å²) in [6.45, 7) is 4.32. The Bertz CT molecular complexity index is 1110. The van der Waals surface area contributed by atoms with Crippen LogP contribution in [0.2, 0.25) is 0 Å². The Kier molecular flexibility index (Phi) is 8.66. The molecule has 9 heteroatoms. The van der Waals surface area contributed by atoms with Crippen LogP contribution in [0.5, 0.6) is 5.75 Å². The highest BCUT2D eigenvalue weighted by molar-refractivity contribution is 7.86. The van der Waals surface area contributed by atoms with Gasteiger partial charge >= 0.3 is 26.7 Å². The number of alkyl halides is 3. The van der Waals surface area contributed by atoms with Crippen molar-refractivity contribution in [2.24, 2.45) is 0 Å². The summed E-state index contributed by atoms with van der Waals surface area (Å²) < 4.78 is 66.9. The average Bonchev–Trinajstić information content (AvgIpc) is 2.74. The standard InChI is InChI=1S/C21H18IO.CHF3O3S/c1-16(17-8-4-3-5-9-17)20-10-6-7-11-21(20)22-18-12-14-19(23-2)15-13-18;2-1(3,4)8(5,6)7/h3-15H,1H2,2H3;(H,5,6,7)/q+1;/p-1.